The van der Waals surface area contributed by atoms with Crippen molar-refractivity contribution in [2.75, 3.05) is 0 Å². The van der Waals surface area contributed by atoms with Crippen LogP contribution in [0.3, 0.4) is 0 Å². The lowest BCUT2D eigenvalue weighted by Gasteiger charge is -2.10. The molecule has 0 atom stereocenters. The van der Waals surface area contributed by atoms with Gasteiger partial charge in [0, 0.05) is 27.4 Å². The smallest absolute Gasteiger partial charge is 0.187 e. The summed E-state index contributed by atoms with van der Waals surface area (Å²) in [6, 6.07) is 49.5. The van der Waals surface area contributed by atoms with E-state index in [1.54, 1.807) is 6.07 Å². The van der Waals surface area contributed by atoms with E-state index in [-0.39, 0.29) is 0 Å². The van der Waals surface area contributed by atoms with Gasteiger partial charge in [-0.2, -0.15) is 0 Å². The van der Waals surface area contributed by atoms with Crippen LogP contribution >= 0.6 is 0 Å². The van der Waals surface area contributed by atoms with Gasteiger partial charge in [0.1, 0.15) is 16.8 Å². The van der Waals surface area contributed by atoms with Crippen LogP contribution in [0.2, 0.25) is 0 Å². The van der Waals surface area contributed by atoms with E-state index in [1.807, 2.05) is 54.6 Å². The van der Waals surface area contributed by atoms with Crippen molar-refractivity contribution >= 4 is 49.6 Å². The zero-order chi connectivity index (χ0) is 30.6. The van der Waals surface area contributed by atoms with Crippen molar-refractivity contribution < 1.29 is 4.42 Å². The zero-order valence-electron chi connectivity index (χ0n) is 24.6. The maximum atomic E-state index is 7.54. The van der Waals surface area contributed by atoms with Gasteiger partial charge >= 0.3 is 0 Å². The first-order valence-corrected chi connectivity index (χ1v) is 15.1. The summed E-state index contributed by atoms with van der Waals surface area (Å²) >= 11 is 0. The molecule has 0 aliphatic heterocycles. The second-order valence-corrected chi connectivity index (χ2v) is 11.3. The van der Waals surface area contributed by atoms with Crippen LogP contribution < -0.4 is 0 Å². The Balaban J connectivity index is 1.25. The summed E-state index contributed by atoms with van der Waals surface area (Å²) in [4.78, 5) is 13.7. The molecule has 46 heavy (non-hydrogen) atoms. The van der Waals surface area contributed by atoms with Crippen molar-refractivity contribution in [1.29, 1.82) is 0 Å². The molecular formula is C41H24N4O. The lowest BCUT2D eigenvalue weighted by molar-refractivity contribution is 0.667. The molecule has 0 amide bonds. The van der Waals surface area contributed by atoms with Crippen molar-refractivity contribution in [2.45, 2.75) is 0 Å². The van der Waals surface area contributed by atoms with E-state index in [0.717, 1.165) is 44.4 Å². The monoisotopic (exact) mass is 588 g/mol. The lowest BCUT2D eigenvalue weighted by atomic mass is 10.0. The fourth-order valence-electron chi connectivity index (χ4n) is 6.48. The highest BCUT2D eigenvalue weighted by Crippen LogP contribution is 2.39. The van der Waals surface area contributed by atoms with Gasteiger partial charge in [-0.15, -0.1) is 0 Å². The number of benzene rings is 6. The molecule has 0 aliphatic carbocycles. The van der Waals surface area contributed by atoms with Gasteiger partial charge in [0.15, 0.2) is 17.1 Å². The molecule has 0 spiro atoms. The maximum absolute atomic E-state index is 7.54. The molecule has 6 aromatic carbocycles. The SMILES string of the molecule is [C-]#[N+]c1cccc(-c2nc(-c3ccccc3)nc3c2oc2ccc(-c4cccc(-n5c6ccccc6c6ccccc65)c4)cc23)c1. The number of rotatable bonds is 4. The standard InChI is InChI=1S/C41H24N4O/c1-42-30-15-9-14-29(23-30)38-40-39(44-41(43-38)26-11-3-2-4-12-26)34-25-28(21-22-37(34)46-40)27-13-10-16-31(24-27)45-35-19-7-5-17-32(35)33-18-6-8-20-36(33)45/h2-25H. The summed E-state index contributed by atoms with van der Waals surface area (Å²) in [5, 5.41) is 3.39. The van der Waals surface area contributed by atoms with E-state index in [1.165, 1.54) is 21.8 Å². The van der Waals surface area contributed by atoms with Crippen LogP contribution in [0.15, 0.2) is 150 Å². The van der Waals surface area contributed by atoms with E-state index in [9.17, 15) is 0 Å². The molecule has 0 bridgehead atoms. The second kappa shape index (κ2) is 10.3. The molecule has 9 aromatic rings. The van der Waals surface area contributed by atoms with Crippen LogP contribution in [-0.2, 0) is 0 Å². The second-order valence-electron chi connectivity index (χ2n) is 11.3. The van der Waals surface area contributed by atoms with E-state index < -0.39 is 0 Å². The quantitative estimate of drug-likeness (QED) is 0.192. The topological polar surface area (TPSA) is 48.2 Å². The molecule has 0 N–H and O–H groups in total. The van der Waals surface area contributed by atoms with Crippen LogP contribution in [0.4, 0.5) is 5.69 Å². The molecule has 0 unspecified atom stereocenters. The number of hydrogen-bond donors (Lipinski definition) is 0. The van der Waals surface area contributed by atoms with Crippen molar-refractivity contribution in [3.05, 3.63) is 157 Å². The Morgan fingerprint density at radius 2 is 1.22 bits per heavy atom. The van der Waals surface area contributed by atoms with E-state index in [0.29, 0.717) is 22.8 Å². The van der Waals surface area contributed by atoms with Gasteiger partial charge in [-0.1, -0.05) is 103 Å². The molecule has 0 radical (unpaired) electrons. The van der Waals surface area contributed by atoms with Gasteiger partial charge in [-0.05, 0) is 59.2 Å². The Morgan fingerprint density at radius 3 is 2.00 bits per heavy atom. The fourth-order valence-corrected chi connectivity index (χ4v) is 6.48. The van der Waals surface area contributed by atoms with Crippen molar-refractivity contribution in [1.82, 2.24) is 14.5 Å². The van der Waals surface area contributed by atoms with Crippen molar-refractivity contribution in [2.24, 2.45) is 0 Å². The van der Waals surface area contributed by atoms with Gasteiger partial charge in [0.05, 0.1) is 17.6 Å². The summed E-state index contributed by atoms with van der Waals surface area (Å²) in [5.41, 5.74) is 10.6. The maximum Gasteiger partial charge on any atom is 0.187 e. The van der Waals surface area contributed by atoms with Crippen LogP contribution in [-0.4, -0.2) is 14.5 Å². The lowest BCUT2D eigenvalue weighted by Crippen LogP contribution is -1.94. The first kappa shape index (κ1) is 25.9. The number of para-hydroxylation sites is 2. The minimum atomic E-state index is 0.548. The summed E-state index contributed by atoms with van der Waals surface area (Å²) in [6.45, 7) is 7.54. The molecule has 5 heteroatoms. The van der Waals surface area contributed by atoms with Gasteiger partial charge in [0.2, 0.25) is 0 Å². The molecule has 9 rings (SSSR count). The normalized spacial score (nSPS) is 11.5. The summed E-state index contributed by atoms with van der Waals surface area (Å²) in [6.07, 6.45) is 0. The number of furan rings is 1. The fraction of sp³-hybridized carbons (Fsp3) is 0. The Bertz CT molecular complexity index is 2610. The third-order valence-corrected chi connectivity index (χ3v) is 8.61. The van der Waals surface area contributed by atoms with Crippen LogP contribution in [0.25, 0.3) is 88.2 Å². The Hall–Kier alpha value is -6.51. The highest BCUT2D eigenvalue weighted by molar-refractivity contribution is 6.10. The summed E-state index contributed by atoms with van der Waals surface area (Å²) in [5.74, 6) is 0.609. The largest absolute Gasteiger partial charge is 0.452 e. The molecule has 0 saturated carbocycles. The Labute approximate surface area is 264 Å². The van der Waals surface area contributed by atoms with E-state index in [2.05, 4.69) is 94.3 Å². The number of nitrogens with zero attached hydrogens (tertiary/aromatic N) is 4. The van der Waals surface area contributed by atoms with E-state index >= 15 is 0 Å². The predicted octanol–water partition coefficient (Wildman–Crippen LogP) is 11.0. The zero-order valence-corrected chi connectivity index (χ0v) is 24.6. The van der Waals surface area contributed by atoms with Crippen molar-refractivity contribution in [3.8, 4) is 39.5 Å². The molecule has 0 aliphatic rings. The van der Waals surface area contributed by atoms with E-state index in [4.69, 9.17) is 21.0 Å². The van der Waals surface area contributed by atoms with Gasteiger partial charge in [0.25, 0.3) is 0 Å². The molecular weight excluding hydrogens is 564 g/mol. The molecule has 0 saturated heterocycles. The molecule has 5 nitrogen and oxygen atoms in total. The Kier molecular flexibility index (Phi) is 5.81. The first-order valence-electron chi connectivity index (χ1n) is 15.1. The number of aromatic nitrogens is 3. The van der Waals surface area contributed by atoms with Crippen LogP contribution in [0.5, 0.6) is 0 Å². The summed E-state index contributed by atoms with van der Waals surface area (Å²) < 4.78 is 8.80. The van der Waals surface area contributed by atoms with Gasteiger partial charge in [-0.25, -0.2) is 14.8 Å². The third kappa shape index (κ3) is 4.09. The van der Waals surface area contributed by atoms with Gasteiger partial charge in [-0.3, -0.25) is 0 Å². The minimum Gasteiger partial charge on any atom is -0.452 e. The van der Waals surface area contributed by atoms with Crippen LogP contribution in [0.1, 0.15) is 0 Å². The molecule has 0 fully saturated rings. The van der Waals surface area contributed by atoms with Crippen LogP contribution in [0, 0.1) is 6.57 Å². The summed E-state index contributed by atoms with van der Waals surface area (Å²) in [7, 11) is 0. The third-order valence-electron chi connectivity index (χ3n) is 8.61. The highest BCUT2D eigenvalue weighted by atomic mass is 16.3. The first-order chi connectivity index (χ1) is 22.7. The van der Waals surface area contributed by atoms with Crippen molar-refractivity contribution in [3.63, 3.8) is 0 Å². The number of hydrogen-bond acceptors (Lipinski definition) is 3. The molecule has 214 valence electrons. The average Bonchev–Trinajstić information content (AvgIpc) is 3.67. The molecule has 3 aromatic heterocycles. The van der Waals surface area contributed by atoms with Gasteiger partial charge < -0.3 is 8.98 Å². The molecule has 3 heterocycles. The predicted molar refractivity (Wildman–Crippen MR) is 186 cm³/mol. The highest BCUT2D eigenvalue weighted by Gasteiger charge is 2.19. The minimum absolute atomic E-state index is 0.548. The Morgan fingerprint density at radius 1 is 0.543 bits per heavy atom. The number of fused-ring (bicyclic) bond motifs is 6. The average molecular weight is 589 g/mol.